The summed E-state index contributed by atoms with van der Waals surface area (Å²) in [5, 5.41) is 47.8. The molecule has 6 unspecified atom stereocenters. The lowest BCUT2D eigenvalue weighted by atomic mass is 9.99. The molecule has 1 saturated heterocycles. The third-order valence-corrected chi connectivity index (χ3v) is 5.38. The fraction of sp³-hybridized carbons (Fsp3) is 0.619. The van der Waals surface area contributed by atoms with Crippen molar-refractivity contribution in [1.29, 1.82) is 0 Å². The number of phenolic OH excluding ortho intramolecular Hbond substituents is 1. The summed E-state index contributed by atoms with van der Waals surface area (Å²) in [5.41, 5.74) is 1.08. The molecule has 10 heteroatoms. The molecule has 1 aliphatic rings. The number of carboxylic acid groups (broad SMARTS) is 1. The first-order valence-corrected chi connectivity index (χ1v) is 10.3. The van der Waals surface area contributed by atoms with Crippen LogP contribution in [0.1, 0.15) is 32.3 Å². The predicted molar refractivity (Wildman–Crippen MR) is 108 cm³/mol. The maximum Gasteiger partial charge on any atom is 0.335 e. The molecule has 0 spiro atoms. The van der Waals surface area contributed by atoms with E-state index in [2.05, 4.69) is 11.8 Å². The van der Waals surface area contributed by atoms with E-state index in [0.29, 0.717) is 13.0 Å². The second kappa shape index (κ2) is 11.4. The van der Waals surface area contributed by atoms with Crippen LogP contribution in [0.15, 0.2) is 24.3 Å². The number of carbonyl (C=O) groups is 2. The lowest BCUT2D eigenvalue weighted by Crippen LogP contribution is -2.60. The molecule has 174 valence electrons. The molecule has 6 atom stereocenters. The van der Waals surface area contributed by atoms with Crippen molar-refractivity contribution in [2.75, 3.05) is 13.1 Å². The lowest BCUT2D eigenvalue weighted by molar-refractivity contribution is -0.286. The van der Waals surface area contributed by atoms with Crippen molar-refractivity contribution in [2.24, 2.45) is 0 Å². The van der Waals surface area contributed by atoms with Gasteiger partial charge in [-0.05, 0) is 50.6 Å². The minimum atomic E-state index is -1.84. The maximum atomic E-state index is 12.1. The highest BCUT2D eigenvalue weighted by molar-refractivity contribution is 5.73. The van der Waals surface area contributed by atoms with Crippen molar-refractivity contribution in [3.05, 3.63) is 29.8 Å². The predicted octanol–water partition coefficient (Wildman–Crippen LogP) is -0.139. The van der Waals surface area contributed by atoms with Crippen LogP contribution in [0, 0.1) is 0 Å². The van der Waals surface area contributed by atoms with E-state index in [1.807, 2.05) is 19.1 Å². The molecule has 2 rings (SSSR count). The van der Waals surface area contributed by atoms with E-state index in [1.54, 1.807) is 12.1 Å². The van der Waals surface area contributed by atoms with Crippen LogP contribution >= 0.6 is 0 Å². The Hall–Kier alpha value is -2.24. The number of aliphatic hydroxyl groups excluding tert-OH is 3. The first-order valence-electron chi connectivity index (χ1n) is 10.3. The van der Waals surface area contributed by atoms with Gasteiger partial charge >= 0.3 is 11.9 Å². The van der Waals surface area contributed by atoms with E-state index in [4.69, 9.17) is 14.6 Å². The van der Waals surface area contributed by atoms with Crippen LogP contribution in [0.3, 0.4) is 0 Å². The number of nitrogens with zero attached hydrogens (tertiary/aromatic N) is 1. The highest BCUT2D eigenvalue weighted by Crippen LogP contribution is 2.23. The molecule has 31 heavy (non-hydrogen) atoms. The van der Waals surface area contributed by atoms with Gasteiger partial charge in [-0.3, -0.25) is 4.79 Å². The van der Waals surface area contributed by atoms with Crippen LogP contribution < -0.4 is 0 Å². The monoisotopic (exact) mass is 441 g/mol. The summed E-state index contributed by atoms with van der Waals surface area (Å²) < 4.78 is 9.94. The van der Waals surface area contributed by atoms with Crippen molar-refractivity contribution in [2.45, 2.75) is 69.9 Å². The number of likely N-dealkylation sites (N-methyl/N-ethyl adjacent to an activating group) is 1. The zero-order valence-corrected chi connectivity index (χ0v) is 17.6. The fourth-order valence-corrected chi connectivity index (χ4v) is 3.56. The number of rotatable bonds is 10. The van der Waals surface area contributed by atoms with Gasteiger partial charge in [0.2, 0.25) is 6.29 Å². The number of aliphatic carboxylic acids is 1. The van der Waals surface area contributed by atoms with Crippen molar-refractivity contribution < 1.29 is 44.6 Å². The van der Waals surface area contributed by atoms with Crippen LogP contribution in [-0.4, -0.2) is 92.2 Å². The number of carbonyl (C=O) groups excluding carboxylic acids is 1. The number of benzene rings is 1. The van der Waals surface area contributed by atoms with Gasteiger partial charge in [0.25, 0.3) is 0 Å². The third-order valence-electron chi connectivity index (χ3n) is 5.38. The Morgan fingerprint density at radius 1 is 1.13 bits per heavy atom. The summed E-state index contributed by atoms with van der Waals surface area (Å²) in [4.78, 5) is 25.4. The first-order chi connectivity index (χ1) is 14.6. The van der Waals surface area contributed by atoms with Gasteiger partial charge in [0.05, 0.1) is 0 Å². The number of ether oxygens (including phenoxy) is 2. The highest BCUT2D eigenvalue weighted by atomic mass is 16.7. The summed E-state index contributed by atoms with van der Waals surface area (Å²) in [6, 6.07) is 7.20. The molecule has 0 amide bonds. The van der Waals surface area contributed by atoms with E-state index < -0.39 is 42.6 Å². The second-order valence-electron chi connectivity index (χ2n) is 7.68. The van der Waals surface area contributed by atoms with E-state index in [1.165, 1.54) is 0 Å². The summed E-state index contributed by atoms with van der Waals surface area (Å²) in [5.74, 6) is -2.04. The van der Waals surface area contributed by atoms with Crippen LogP contribution in [0.4, 0.5) is 0 Å². The van der Waals surface area contributed by atoms with E-state index in [-0.39, 0.29) is 18.2 Å². The number of esters is 1. The minimum absolute atomic E-state index is 0.00535. The Morgan fingerprint density at radius 3 is 2.35 bits per heavy atom. The molecule has 0 aromatic heterocycles. The standard InChI is InChI=1S/C21H31NO9/c1-3-22(12(2)11-13-6-8-14(23)9-7-13)10-4-5-15(24)30-21-18(27)16(25)17(26)19(31-21)20(28)29/h6-9,12,16-19,21,23,25-27H,3-5,10-11H2,1-2H3,(H,28,29). The fourth-order valence-electron chi connectivity index (χ4n) is 3.56. The smallest absolute Gasteiger partial charge is 0.335 e. The molecule has 1 aromatic rings. The number of hydrogen-bond acceptors (Lipinski definition) is 9. The number of aliphatic hydroxyl groups is 3. The molecule has 0 radical (unpaired) electrons. The number of hydrogen-bond donors (Lipinski definition) is 5. The topological polar surface area (TPSA) is 157 Å². The average Bonchev–Trinajstić information content (AvgIpc) is 2.72. The van der Waals surface area contributed by atoms with E-state index in [0.717, 1.165) is 18.5 Å². The largest absolute Gasteiger partial charge is 0.508 e. The Bertz CT molecular complexity index is 726. The molecule has 1 aromatic carbocycles. The molecule has 1 heterocycles. The third kappa shape index (κ3) is 6.88. The normalized spacial score (nSPS) is 27.1. The van der Waals surface area contributed by atoms with Gasteiger partial charge < -0.3 is 39.9 Å². The summed E-state index contributed by atoms with van der Waals surface area (Å²) >= 11 is 0. The number of aromatic hydroxyl groups is 1. The zero-order valence-electron chi connectivity index (χ0n) is 17.6. The molecule has 0 bridgehead atoms. The number of phenols is 1. The van der Waals surface area contributed by atoms with Crippen LogP contribution in [0.5, 0.6) is 5.75 Å². The molecular weight excluding hydrogens is 410 g/mol. The van der Waals surface area contributed by atoms with Gasteiger partial charge in [0.1, 0.15) is 24.1 Å². The second-order valence-corrected chi connectivity index (χ2v) is 7.68. The quantitative estimate of drug-likeness (QED) is 0.310. The Balaban J connectivity index is 1.81. The zero-order chi connectivity index (χ0) is 23.1. The molecule has 10 nitrogen and oxygen atoms in total. The molecule has 1 aliphatic heterocycles. The molecular formula is C21H31NO9. The number of carboxylic acids is 1. The molecule has 1 fully saturated rings. The van der Waals surface area contributed by atoms with Crippen LogP contribution in [-0.2, 0) is 25.5 Å². The van der Waals surface area contributed by atoms with Crippen molar-refractivity contribution in [1.82, 2.24) is 4.90 Å². The van der Waals surface area contributed by atoms with Crippen LogP contribution in [0.25, 0.3) is 0 Å². The summed E-state index contributed by atoms with van der Waals surface area (Å²) in [6.07, 6.45) is -7.66. The van der Waals surface area contributed by atoms with E-state index in [9.17, 15) is 30.0 Å². The average molecular weight is 441 g/mol. The Labute approximate surface area is 180 Å². The minimum Gasteiger partial charge on any atom is -0.508 e. The van der Waals surface area contributed by atoms with Gasteiger partial charge in [-0.1, -0.05) is 19.1 Å². The Kier molecular flexibility index (Phi) is 9.20. The van der Waals surface area contributed by atoms with Gasteiger partial charge in [0.15, 0.2) is 6.10 Å². The van der Waals surface area contributed by atoms with Gasteiger partial charge in [-0.2, -0.15) is 0 Å². The Morgan fingerprint density at radius 2 is 1.77 bits per heavy atom. The van der Waals surface area contributed by atoms with Crippen molar-refractivity contribution in [3.8, 4) is 5.75 Å². The van der Waals surface area contributed by atoms with Gasteiger partial charge in [0, 0.05) is 12.5 Å². The summed E-state index contributed by atoms with van der Waals surface area (Å²) in [6.45, 7) is 5.46. The van der Waals surface area contributed by atoms with Crippen molar-refractivity contribution in [3.63, 3.8) is 0 Å². The highest BCUT2D eigenvalue weighted by Gasteiger charge is 2.48. The first kappa shape index (κ1) is 25.0. The van der Waals surface area contributed by atoms with Gasteiger partial charge in [-0.25, -0.2) is 4.79 Å². The van der Waals surface area contributed by atoms with E-state index >= 15 is 0 Å². The lowest BCUT2D eigenvalue weighted by Gasteiger charge is -2.38. The molecule has 5 N–H and O–H groups in total. The maximum absolute atomic E-state index is 12.1. The van der Waals surface area contributed by atoms with Gasteiger partial charge in [-0.15, -0.1) is 0 Å². The molecule has 0 saturated carbocycles. The van der Waals surface area contributed by atoms with Crippen LogP contribution in [0.2, 0.25) is 0 Å². The SMILES string of the molecule is CCN(CCCC(=O)OC1OC(C(=O)O)C(O)C(O)C1O)C(C)Cc1ccc(O)cc1. The van der Waals surface area contributed by atoms with Crippen molar-refractivity contribution >= 4 is 11.9 Å². The molecule has 0 aliphatic carbocycles. The summed E-state index contributed by atoms with van der Waals surface area (Å²) in [7, 11) is 0.